The van der Waals surface area contributed by atoms with Gasteiger partial charge in [0.25, 0.3) is 0 Å². The fraction of sp³-hybridized carbons (Fsp3) is 0.650. The van der Waals surface area contributed by atoms with Gasteiger partial charge in [-0.2, -0.15) is 10.2 Å². The third kappa shape index (κ3) is 2.15. The van der Waals surface area contributed by atoms with Crippen LogP contribution >= 0.6 is 0 Å². The van der Waals surface area contributed by atoms with Gasteiger partial charge in [0, 0.05) is 11.0 Å². The van der Waals surface area contributed by atoms with Crippen molar-refractivity contribution in [3.05, 3.63) is 36.0 Å². The first-order chi connectivity index (χ1) is 11.4. The number of hydrogen-bond donors (Lipinski definition) is 0. The molecule has 4 heteroatoms. The molecule has 0 radical (unpaired) electrons. The van der Waals surface area contributed by atoms with Crippen LogP contribution in [0.5, 0.6) is 0 Å². The largest absolute Gasteiger partial charge is 0.458 e. The van der Waals surface area contributed by atoms with Crippen molar-refractivity contribution >= 4 is 5.97 Å². The number of allylic oxidation sites excluding steroid dienone is 2. The van der Waals surface area contributed by atoms with E-state index in [1.807, 2.05) is 6.08 Å². The molecule has 2 aliphatic carbocycles. The lowest BCUT2D eigenvalue weighted by molar-refractivity contribution is -0.136. The van der Waals surface area contributed by atoms with E-state index in [9.17, 15) is 4.79 Å². The van der Waals surface area contributed by atoms with Crippen molar-refractivity contribution < 1.29 is 9.53 Å². The molecule has 0 spiro atoms. The van der Waals surface area contributed by atoms with Gasteiger partial charge in [0.05, 0.1) is 12.6 Å². The maximum atomic E-state index is 11.7. The van der Waals surface area contributed by atoms with Crippen LogP contribution in [0.3, 0.4) is 0 Å². The van der Waals surface area contributed by atoms with Gasteiger partial charge >= 0.3 is 5.97 Å². The summed E-state index contributed by atoms with van der Waals surface area (Å²) < 4.78 is 5.04. The van der Waals surface area contributed by atoms with Crippen LogP contribution in [0.4, 0.5) is 0 Å². The summed E-state index contributed by atoms with van der Waals surface area (Å²) in [6, 6.07) is 0.232. The van der Waals surface area contributed by atoms with Crippen molar-refractivity contribution in [2.75, 3.05) is 13.2 Å². The molecule has 1 fully saturated rings. The van der Waals surface area contributed by atoms with Gasteiger partial charge in [-0.1, -0.05) is 38.2 Å². The molecule has 128 valence electrons. The zero-order valence-electron chi connectivity index (χ0n) is 14.6. The van der Waals surface area contributed by atoms with Crippen molar-refractivity contribution in [2.45, 2.75) is 45.6 Å². The van der Waals surface area contributed by atoms with Crippen LogP contribution in [0.2, 0.25) is 0 Å². The summed E-state index contributed by atoms with van der Waals surface area (Å²) in [5.41, 5.74) is 2.38. The van der Waals surface area contributed by atoms with Gasteiger partial charge in [0.1, 0.15) is 6.61 Å². The van der Waals surface area contributed by atoms with Gasteiger partial charge in [-0.25, -0.2) is 4.79 Å². The second kappa shape index (κ2) is 5.40. The van der Waals surface area contributed by atoms with Gasteiger partial charge < -0.3 is 4.74 Å². The minimum atomic E-state index is -0.141. The molecular formula is C20H26N2O2. The molecule has 0 bridgehead atoms. The molecule has 5 atom stereocenters. The molecule has 0 aromatic heterocycles. The van der Waals surface area contributed by atoms with E-state index in [1.165, 1.54) is 12.0 Å². The minimum absolute atomic E-state index is 0.0824. The van der Waals surface area contributed by atoms with Crippen LogP contribution in [0.1, 0.15) is 39.5 Å². The predicted octanol–water partition coefficient (Wildman–Crippen LogP) is 4.25. The highest BCUT2D eigenvalue weighted by molar-refractivity contribution is 5.90. The van der Waals surface area contributed by atoms with Gasteiger partial charge in [-0.15, -0.1) is 0 Å². The van der Waals surface area contributed by atoms with E-state index in [-0.39, 0.29) is 22.8 Å². The Bertz CT molecular complexity index is 677. The van der Waals surface area contributed by atoms with E-state index in [4.69, 9.17) is 4.74 Å². The highest BCUT2D eigenvalue weighted by Crippen LogP contribution is 2.61. The summed E-state index contributed by atoms with van der Waals surface area (Å²) in [5.74, 6) is 0.827. The summed E-state index contributed by atoms with van der Waals surface area (Å²) in [6.07, 6.45) is 10.6. The summed E-state index contributed by atoms with van der Waals surface area (Å²) in [7, 11) is 0. The number of carbonyl (C=O) groups excluding carboxylic acids is 1. The normalized spacial score (nSPS) is 43.4. The standard InChI is InChI=1S/C20H26N2O2/c1-13-4-7-16-19(2,10-8-17-20(16,3)12-21-22-17)15(13)6-5-14-9-11-24-18(14)23/h8-10,15-17H,1,4-7,11-12H2,2-3H3/t15-,16?,17?,19+,20+/m1/s1. The second-order valence-electron chi connectivity index (χ2n) is 8.26. The number of azo groups is 1. The van der Waals surface area contributed by atoms with Gasteiger partial charge in [-0.3, -0.25) is 0 Å². The Kier molecular flexibility index (Phi) is 3.55. The molecule has 2 aliphatic heterocycles. The van der Waals surface area contributed by atoms with Gasteiger partial charge in [0.15, 0.2) is 0 Å². The van der Waals surface area contributed by atoms with Crippen molar-refractivity contribution in [3.63, 3.8) is 0 Å². The van der Waals surface area contributed by atoms with Crippen LogP contribution < -0.4 is 0 Å². The highest BCUT2D eigenvalue weighted by Gasteiger charge is 2.57. The zero-order chi connectivity index (χ0) is 16.9. The van der Waals surface area contributed by atoms with Crippen LogP contribution in [-0.2, 0) is 9.53 Å². The Morgan fingerprint density at radius 1 is 1.42 bits per heavy atom. The molecule has 4 aliphatic rings. The average Bonchev–Trinajstić information content (AvgIpc) is 3.11. The molecule has 0 amide bonds. The number of nitrogens with zero attached hydrogens (tertiary/aromatic N) is 2. The van der Waals surface area contributed by atoms with Crippen LogP contribution in [0, 0.1) is 22.7 Å². The molecule has 24 heavy (non-hydrogen) atoms. The average molecular weight is 326 g/mol. The van der Waals surface area contributed by atoms with Crippen LogP contribution in [0.15, 0.2) is 46.2 Å². The van der Waals surface area contributed by atoms with E-state index in [2.05, 4.69) is 42.8 Å². The molecule has 0 N–H and O–H groups in total. The maximum absolute atomic E-state index is 11.7. The third-order valence-electron chi connectivity index (χ3n) is 6.98. The molecule has 0 aromatic carbocycles. The number of esters is 1. The summed E-state index contributed by atoms with van der Waals surface area (Å²) in [5, 5.41) is 8.83. The molecule has 2 heterocycles. The molecule has 2 unspecified atom stereocenters. The van der Waals surface area contributed by atoms with E-state index < -0.39 is 0 Å². The Hall–Kier alpha value is -1.71. The number of cyclic esters (lactones) is 1. The first-order valence-corrected chi connectivity index (χ1v) is 9.05. The lowest BCUT2D eigenvalue weighted by Gasteiger charge is -2.56. The van der Waals surface area contributed by atoms with Crippen molar-refractivity contribution in [2.24, 2.45) is 32.9 Å². The highest BCUT2D eigenvalue weighted by atomic mass is 16.5. The van der Waals surface area contributed by atoms with E-state index in [0.717, 1.165) is 31.4 Å². The smallest absolute Gasteiger partial charge is 0.334 e. The Labute approximate surface area is 143 Å². The molecular weight excluding hydrogens is 300 g/mol. The van der Waals surface area contributed by atoms with E-state index >= 15 is 0 Å². The Balaban J connectivity index is 1.60. The molecule has 4 nitrogen and oxygen atoms in total. The quantitative estimate of drug-likeness (QED) is 0.575. The van der Waals surface area contributed by atoms with Crippen molar-refractivity contribution in [3.8, 4) is 0 Å². The molecule has 1 saturated carbocycles. The Morgan fingerprint density at radius 3 is 3.00 bits per heavy atom. The summed E-state index contributed by atoms with van der Waals surface area (Å²) in [4.78, 5) is 11.7. The monoisotopic (exact) mass is 326 g/mol. The molecule has 4 rings (SSSR count). The minimum Gasteiger partial charge on any atom is -0.458 e. The summed E-state index contributed by atoms with van der Waals surface area (Å²) >= 11 is 0. The number of fused-ring (bicyclic) bond motifs is 3. The number of ether oxygens (including phenoxy) is 1. The van der Waals surface area contributed by atoms with Crippen LogP contribution in [0.25, 0.3) is 0 Å². The zero-order valence-corrected chi connectivity index (χ0v) is 14.6. The van der Waals surface area contributed by atoms with Crippen LogP contribution in [-0.4, -0.2) is 25.2 Å². The fourth-order valence-electron chi connectivity index (χ4n) is 5.56. The first kappa shape index (κ1) is 15.8. The first-order valence-electron chi connectivity index (χ1n) is 9.05. The second-order valence-corrected chi connectivity index (χ2v) is 8.26. The third-order valence-corrected chi connectivity index (χ3v) is 6.98. The predicted molar refractivity (Wildman–Crippen MR) is 92.5 cm³/mol. The number of carbonyl (C=O) groups is 1. The number of hydrogen-bond acceptors (Lipinski definition) is 4. The SMILES string of the molecule is C=C1CCC2[C@]3(C)CN=NC3C=C[C@@]2(C)[C@@H]1CCC1=CCOC1=O. The van der Waals surface area contributed by atoms with Crippen molar-refractivity contribution in [1.29, 1.82) is 0 Å². The van der Waals surface area contributed by atoms with Crippen molar-refractivity contribution in [1.82, 2.24) is 0 Å². The van der Waals surface area contributed by atoms with Gasteiger partial charge in [0.2, 0.25) is 0 Å². The van der Waals surface area contributed by atoms with E-state index in [0.29, 0.717) is 18.4 Å². The number of rotatable bonds is 3. The van der Waals surface area contributed by atoms with Gasteiger partial charge in [-0.05, 0) is 49.0 Å². The lowest BCUT2D eigenvalue weighted by Crippen LogP contribution is -2.52. The lowest BCUT2D eigenvalue weighted by atomic mass is 9.48. The molecule has 0 saturated heterocycles. The molecule has 0 aromatic rings. The maximum Gasteiger partial charge on any atom is 0.334 e. The van der Waals surface area contributed by atoms with E-state index in [1.54, 1.807) is 0 Å². The Morgan fingerprint density at radius 2 is 2.25 bits per heavy atom. The topological polar surface area (TPSA) is 51.0 Å². The fourth-order valence-corrected chi connectivity index (χ4v) is 5.56. The summed E-state index contributed by atoms with van der Waals surface area (Å²) in [6.45, 7) is 10.4.